The summed E-state index contributed by atoms with van der Waals surface area (Å²) in [4.78, 5) is 2.53. The summed E-state index contributed by atoms with van der Waals surface area (Å²) < 4.78 is 0. The van der Waals surface area contributed by atoms with Crippen LogP contribution in [0.1, 0.15) is 48.0 Å². The van der Waals surface area contributed by atoms with Crippen molar-refractivity contribution in [2.45, 2.75) is 53.5 Å². The Morgan fingerprint density at radius 3 is 1.80 bits per heavy atom. The molecule has 1 saturated heterocycles. The Hall–Kier alpha value is -0.0800. The maximum absolute atomic E-state index is 6.10. The molecule has 2 heteroatoms. The molecule has 1 aliphatic rings. The van der Waals surface area contributed by atoms with Crippen LogP contribution in [0, 0.1) is 10.8 Å². The van der Waals surface area contributed by atoms with E-state index in [9.17, 15) is 0 Å². The molecule has 0 bridgehead atoms. The van der Waals surface area contributed by atoms with E-state index in [0.717, 1.165) is 6.54 Å². The summed E-state index contributed by atoms with van der Waals surface area (Å²) in [6.45, 7) is 17.0. The second-order valence-electron chi connectivity index (χ2n) is 7.64. The first-order valence-corrected chi connectivity index (χ1v) is 6.01. The predicted octanol–water partition coefficient (Wildman–Crippen LogP) is 2.48. The summed E-state index contributed by atoms with van der Waals surface area (Å²) in [5.74, 6) is 0. The fraction of sp³-hybridized carbons (Fsp3) is 1.00. The van der Waals surface area contributed by atoms with E-state index in [4.69, 9.17) is 5.73 Å². The summed E-state index contributed by atoms with van der Waals surface area (Å²) in [7, 11) is 0. The number of likely N-dealkylation sites (tertiary alicyclic amines) is 1. The molecule has 0 unspecified atom stereocenters. The minimum absolute atomic E-state index is 0.0799. The summed E-state index contributed by atoms with van der Waals surface area (Å²) in [5.41, 5.74) is 6.87. The average molecular weight is 212 g/mol. The molecule has 1 heterocycles. The van der Waals surface area contributed by atoms with Gasteiger partial charge in [0.15, 0.2) is 0 Å². The van der Waals surface area contributed by atoms with E-state index in [1.807, 2.05) is 0 Å². The lowest BCUT2D eigenvalue weighted by atomic mass is 9.71. The summed E-state index contributed by atoms with van der Waals surface area (Å²) in [5, 5.41) is 0. The predicted molar refractivity (Wildman–Crippen MR) is 66.9 cm³/mol. The number of rotatable bonds is 2. The van der Waals surface area contributed by atoms with Crippen LogP contribution in [0.4, 0.5) is 0 Å². The van der Waals surface area contributed by atoms with Crippen molar-refractivity contribution >= 4 is 0 Å². The third-order valence-corrected chi connectivity index (χ3v) is 2.89. The zero-order chi connectivity index (χ0) is 11.9. The van der Waals surface area contributed by atoms with E-state index >= 15 is 0 Å². The zero-order valence-corrected chi connectivity index (χ0v) is 11.4. The maximum Gasteiger partial charge on any atom is 0.0226 e. The van der Waals surface area contributed by atoms with Gasteiger partial charge in [0.1, 0.15) is 0 Å². The van der Waals surface area contributed by atoms with Gasteiger partial charge in [0, 0.05) is 25.2 Å². The normalized spacial score (nSPS) is 26.6. The van der Waals surface area contributed by atoms with Gasteiger partial charge in [0.25, 0.3) is 0 Å². The Bertz CT molecular complexity index is 204. The van der Waals surface area contributed by atoms with Crippen LogP contribution in [-0.2, 0) is 0 Å². The van der Waals surface area contributed by atoms with Crippen LogP contribution in [-0.4, -0.2) is 30.1 Å². The Morgan fingerprint density at radius 2 is 1.47 bits per heavy atom. The van der Waals surface area contributed by atoms with Gasteiger partial charge in [-0.15, -0.1) is 0 Å². The first-order chi connectivity index (χ1) is 6.49. The van der Waals surface area contributed by atoms with Crippen LogP contribution in [0.25, 0.3) is 0 Å². The minimum atomic E-state index is -0.0799. The fourth-order valence-corrected chi connectivity index (χ4v) is 3.36. The van der Waals surface area contributed by atoms with Crippen LogP contribution < -0.4 is 5.73 Å². The summed E-state index contributed by atoms with van der Waals surface area (Å²) in [6.07, 6.45) is 1.31. The van der Waals surface area contributed by atoms with Gasteiger partial charge in [-0.25, -0.2) is 0 Å². The van der Waals surface area contributed by atoms with Crippen LogP contribution >= 0.6 is 0 Å². The van der Waals surface area contributed by atoms with E-state index in [1.165, 1.54) is 19.5 Å². The van der Waals surface area contributed by atoms with Crippen molar-refractivity contribution < 1.29 is 0 Å². The molecular formula is C13H28N2. The SMILES string of the molecule is CC(C)(N)CN1CC(C)(C)CC(C)(C)C1. The molecular weight excluding hydrogens is 184 g/mol. The maximum atomic E-state index is 6.10. The van der Waals surface area contributed by atoms with Crippen molar-refractivity contribution in [2.75, 3.05) is 19.6 Å². The molecule has 15 heavy (non-hydrogen) atoms. The first kappa shape index (κ1) is 13.0. The third-order valence-electron chi connectivity index (χ3n) is 2.89. The lowest BCUT2D eigenvalue weighted by molar-refractivity contribution is 0.0184. The highest BCUT2D eigenvalue weighted by Gasteiger charge is 2.38. The Kier molecular flexibility index (Phi) is 3.24. The highest BCUT2D eigenvalue weighted by atomic mass is 15.2. The smallest absolute Gasteiger partial charge is 0.0226 e. The zero-order valence-electron chi connectivity index (χ0n) is 11.4. The number of hydrogen-bond donors (Lipinski definition) is 1. The molecule has 0 amide bonds. The van der Waals surface area contributed by atoms with Crippen LogP contribution in [0.15, 0.2) is 0 Å². The molecule has 0 saturated carbocycles. The van der Waals surface area contributed by atoms with Gasteiger partial charge < -0.3 is 10.6 Å². The summed E-state index contributed by atoms with van der Waals surface area (Å²) >= 11 is 0. The quantitative estimate of drug-likeness (QED) is 0.762. The van der Waals surface area contributed by atoms with E-state index in [1.54, 1.807) is 0 Å². The molecule has 0 aromatic heterocycles. The highest BCUT2D eigenvalue weighted by molar-refractivity contribution is 4.92. The molecule has 0 aromatic carbocycles. The Balaban J connectivity index is 2.68. The van der Waals surface area contributed by atoms with Crippen LogP contribution in [0.3, 0.4) is 0 Å². The molecule has 0 radical (unpaired) electrons. The minimum Gasteiger partial charge on any atom is -0.324 e. The van der Waals surface area contributed by atoms with Crippen molar-refractivity contribution in [1.29, 1.82) is 0 Å². The Morgan fingerprint density at radius 1 is 1.07 bits per heavy atom. The van der Waals surface area contributed by atoms with Crippen molar-refractivity contribution in [1.82, 2.24) is 4.90 Å². The second kappa shape index (κ2) is 3.74. The number of piperidine rings is 1. The van der Waals surface area contributed by atoms with Gasteiger partial charge in [-0.1, -0.05) is 27.7 Å². The third kappa shape index (κ3) is 4.52. The molecule has 1 aliphatic heterocycles. The molecule has 2 N–H and O–H groups in total. The van der Waals surface area contributed by atoms with E-state index in [-0.39, 0.29) is 5.54 Å². The molecule has 0 atom stereocenters. The first-order valence-electron chi connectivity index (χ1n) is 6.01. The molecule has 2 nitrogen and oxygen atoms in total. The largest absolute Gasteiger partial charge is 0.324 e. The lowest BCUT2D eigenvalue weighted by Crippen LogP contribution is -2.54. The van der Waals surface area contributed by atoms with Crippen molar-refractivity contribution in [2.24, 2.45) is 16.6 Å². The monoisotopic (exact) mass is 212 g/mol. The number of nitrogens with two attached hydrogens (primary N) is 1. The van der Waals surface area contributed by atoms with E-state index in [2.05, 4.69) is 46.4 Å². The van der Waals surface area contributed by atoms with Gasteiger partial charge in [-0.05, 0) is 31.1 Å². The van der Waals surface area contributed by atoms with Gasteiger partial charge >= 0.3 is 0 Å². The van der Waals surface area contributed by atoms with Gasteiger partial charge in [0.2, 0.25) is 0 Å². The van der Waals surface area contributed by atoms with Gasteiger partial charge in [-0.3, -0.25) is 0 Å². The molecule has 1 fully saturated rings. The van der Waals surface area contributed by atoms with Crippen molar-refractivity contribution in [3.8, 4) is 0 Å². The molecule has 1 rings (SSSR count). The lowest BCUT2D eigenvalue weighted by Gasteiger charge is -2.48. The number of hydrogen-bond acceptors (Lipinski definition) is 2. The standard InChI is InChI=1S/C13H28N2/c1-11(2)7-12(3,4)9-15(8-11)10-13(5,6)14/h7-10,14H2,1-6H3. The van der Waals surface area contributed by atoms with E-state index < -0.39 is 0 Å². The highest BCUT2D eigenvalue weighted by Crippen LogP contribution is 2.39. The van der Waals surface area contributed by atoms with Gasteiger partial charge in [0.05, 0.1) is 0 Å². The van der Waals surface area contributed by atoms with Crippen molar-refractivity contribution in [3.05, 3.63) is 0 Å². The topological polar surface area (TPSA) is 29.3 Å². The Labute approximate surface area is 95.2 Å². The van der Waals surface area contributed by atoms with Crippen LogP contribution in [0.5, 0.6) is 0 Å². The van der Waals surface area contributed by atoms with Crippen molar-refractivity contribution in [3.63, 3.8) is 0 Å². The fourth-order valence-electron chi connectivity index (χ4n) is 3.36. The molecule has 0 aromatic rings. The molecule has 0 spiro atoms. The number of nitrogens with zero attached hydrogens (tertiary/aromatic N) is 1. The average Bonchev–Trinajstić information content (AvgIpc) is 1.70. The molecule has 0 aliphatic carbocycles. The van der Waals surface area contributed by atoms with E-state index in [0.29, 0.717) is 10.8 Å². The van der Waals surface area contributed by atoms with Crippen LogP contribution in [0.2, 0.25) is 0 Å². The molecule has 90 valence electrons. The second-order valence-corrected chi connectivity index (χ2v) is 7.64. The van der Waals surface area contributed by atoms with Gasteiger partial charge in [-0.2, -0.15) is 0 Å². The summed E-state index contributed by atoms with van der Waals surface area (Å²) in [6, 6.07) is 0.